The van der Waals surface area contributed by atoms with Gasteiger partial charge in [-0.15, -0.1) is 0 Å². The van der Waals surface area contributed by atoms with Gasteiger partial charge in [0.05, 0.1) is 11.9 Å². The summed E-state index contributed by atoms with van der Waals surface area (Å²) < 4.78 is 25.1. The highest BCUT2D eigenvalue weighted by Crippen LogP contribution is 2.22. The van der Waals surface area contributed by atoms with Crippen LogP contribution in [0.25, 0.3) is 0 Å². The molecular formula is C15H23ClN2O3S. The summed E-state index contributed by atoms with van der Waals surface area (Å²) in [6.45, 7) is 4.18. The lowest BCUT2D eigenvalue weighted by Crippen LogP contribution is -2.34. The van der Waals surface area contributed by atoms with Gasteiger partial charge in [0.2, 0.25) is 15.9 Å². The first kappa shape index (κ1) is 18.8. The minimum atomic E-state index is -3.42. The molecule has 1 amide bonds. The van der Waals surface area contributed by atoms with Crippen LogP contribution < -0.4 is 9.62 Å². The minimum absolute atomic E-state index is 0.0612. The van der Waals surface area contributed by atoms with E-state index in [1.807, 2.05) is 13.8 Å². The molecule has 7 heteroatoms. The molecule has 0 aromatic heterocycles. The number of carbonyl (C=O) groups is 1. The number of benzene rings is 1. The standard InChI is InChI=1S/C15H23ClN2O3S/c1-4-12(2)17-15(19)9-6-10-18(22(3,20)21)14-8-5-7-13(16)11-14/h5,7-8,11-12H,4,6,9-10H2,1-3H3,(H,17,19). The fourth-order valence-corrected chi connectivity index (χ4v) is 3.09. The molecule has 0 aliphatic rings. The average Bonchev–Trinajstić information content (AvgIpc) is 2.42. The smallest absolute Gasteiger partial charge is 0.232 e. The lowest BCUT2D eigenvalue weighted by molar-refractivity contribution is -0.121. The Kier molecular flexibility index (Phi) is 7.16. The Hall–Kier alpha value is -1.27. The molecule has 0 radical (unpaired) electrons. The van der Waals surface area contributed by atoms with Crippen molar-refractivity contribution < 1.29 is 13.2 Å². The second kappa shape index (κ2) is 8.39. The van der Waals surface area contributed by atoms with E-state index in [2.05, 4.69) is 5.32 Å². The van der Waals surface area contributed by atoms with Gasteiger partial charge in [-0.2, -0.15) is 0 Å². The number of anilines is 1. The first-order valence-electron chi connectivity index (χ1n) is 7.26. The molecule has 0 spiro atoms. The van der Waals surface area contributed by atoms with Crippen molar-refractivity contribution in [3.05, 3.63) is 29.3 Å². The molecular weight excluding hydrogens is 324 g/mol. The summed E-state index contributed by atoms with van der Waals surface area (Å²) in [6.07, 6.45) is 2.75. The van der Waals surface area contributed by atoms with Crippen LogP contribution in [0.3, 0.4) is 0 Å². The van der Waals surface area contributed by atoms with E-state index in [4.69, 9.17) is 11.6 Å². The average molecular weight is 347 g/mol. The lowest BCUT2D eigenvalue weighted by Gasteiger charge is -2.22. The minimum Gasteiger partial charge on any atom is -0.354 e. The normalized spacial score (nSPS) is 12.7. The highest BCUT2D eigenvalue weighted by molar-refractivity contribution is 7.92. The van der Waals surface area contributed by atoms with Crippen LogP contribution >= 0.6 is 11.6 Å². The summed E-state index contributed by atoms with van der Waals surface area (Å²) in [7, 11) is -3.42. The van der Waals surface area contributed by atoms with Crippen molar-refractivity contribution in [2.45, 2.75) is 39.2 Å². The van der Waals surface area contributed by atoms with Crippen molar-refractivity contribution in [1.29, 1.82) is 0 Å². The van der Waals surface area contributed by atoms with Gasteiger partial charge >= 0.3 is 0 Å². The van der Waals surface area contributed by atoms with Gasteiger partial charge in [0.1, 0.15) is 0 Å². The predicted octanol–water partition coefficient (Wildman–Crippen LogP) is 2.80. The van der Waals surface area contributed by atoms with Gasteiger partial charge in [-0.25, -0.2) is 8.42 Å². The first-order chi connectivity index (χ1) is 10.2. The van der Waals surface area contributed by atoms with E-state index in [0.29, 0.717) is 17.1 Å². The van der Waals surface area contributed by atoms with E-state index in [1.54, 1.807) is 24.3 Å². The van der Waals surface area contributed by atoms with E-state index in [0.717, 1.165) is 12.7 Å². The Morgan fingerprint density at radius 1 is 1.41 bits per heavy atom. The van der Waals surface area contributed by atoms with Gasteiger partial charge in [-0.1, -0.05) is 24.6 Å². The molecule has 5 nitrogen and oxygen atoms in total. The lowest BCUT2D eigenvalue weighted by atomic mass is 10.2. The zero-order valence-electron chi connectivity index (χ0n) is 13.2. The summed E-state index contributed by atoms with van der Waals surface area (Å²) in [5.41, 5.74) is 0.511. The van der Waals surface area contributed by atoms with Gasteiger partial charge in [0.25, 0.3) is 0 Å². The fraction of sp³-hybridized carbons (Fsp3) is 0.533. The maximum atomic E-state index is 11.9. The number of sulfonamides is 1. The molecule has 22 heavy (non-hydrogen) atoms. The van der Waals surface area contributed by atoms with Gasteiger partial charge in [-0.3, -0.25) is 9.10 Å². The topological polar surface area (TPSA) is 66.5 Å². The maximum Gasteiger partial charge on any atom is 0.232 e. The number of rotatable bonds is 8. The molecule has 0 bridgehead atoms. The number of carbonyl (C=O) groups excluding carboxylic acids is 1. The highest BCUT2D eigenvalue weighted by atomic mass is 35.5. The van der Waals surface area contributed by atoms with Crippen molar-refractivity contribution in [2.75, 3.05) is 17.1 Å². The number of nitrogens with zero attached hydrogens (tertiary/aromatic N) is 1. The van der Waals surface area contributed by atoms with Crippen LogP contribution in [-0.2, 0) is 14.8 Å². The molecule has 124 valence electrons. The Bertz CT molecular complexity index is 605. The van der Waals surface area contributed by atoms with Gasteiger partial charge < -0.3 is 5.32 Å². The second-order valence-electron chi connectivity index (χ2n) is 5.30. The number of amides is 1. The van der Waals surface area contributed by atoms with Crippen LogP contribution in [0.1, 0.15) is 33.1 Å². The Labute approximate surface area is 137 Å². The highest BCUT2D eigenvalue weighted by Gasteiger charge is 2.18. The van der Waals surface area contributed by atoms with E-state index in [-0.39, 0.29) is 24.9 Å². The third-order valence-corrected chi connectivity index (χ3v) is 4.71. The van der Waals surface area contributed by atoms with Crippen molar-refractivity contribution in [1.82, 2.24) is 5.32 Å². The number of hydrogen-bond donors (Lipinski definition) is 1. The molecule has 0 saturated carbocycles. The molecule has 0 aliphatic carbocycles. The maximum absolute atomic E-state index is 11.9. The van der Waals surface area contributed by atoms with E-state index < -0.39 is 10.0 Å². The van der Waals surface area contributed by atoms with Crippen molar-refractivity contribution in [3.63, 3.8) is 0 Å². The number of nitrogens with one attached hydrogen (secondary N) is 1. The van der Waals surface area contributed by atoms with Crippen LogP contribution in [0.15, 0.2) is 24.3 Å². The largest absolute Gasteiger partial charge is 0.354 e. The molecule has 1 unspecified atom stereocenters. The zero-order valence-corrected chi connectivity index (χ0v) is 14.7. The molecule has 0 fully saturated rings. The van der Waals surface area contributed by atoms with Crippen LogP contribution in [-0.4, -0.2) is 33.2 Å². The van der Waals surface area contributed by atoms with Gasteiger partial charge in [0, 0.05) is 24.0 Å². The molecule has 1 aromatic rings. The van der Waals surface area contributed by atoms with E-state index in [9.17, 15) is 13.2 Å². The van der Waals surface area contributed by atoms with E-state index in [1.165, 1.54) is 4.31 Å². The summed E-state index contributed by atoms with van der Waals surface area (Å²) in [6, 6.07) is 6.80. The van der Waals surface area contributed by atoms with Crippen LogP contribution in [0.5, 0.6) is 0 Å². The molecule has 1 N–H and O–H groups in total. The summed E-state index contributed by atoms with van der Waals surface area (Å²) in [5.74, 6) is -0.0612. The third-order valence-electron chi connectivity index (χ3n) is 3.28. The Morgan fingerprint density at radius 2 is 2.09 bits per heavy atom. The van der Waals surface area contributed by atoms with Crippen LogP contribution in [0.2, 0.25) is 5.02 Å². The summed E-state index contributed by atoms with van der Waals surface area (Å²) in [4.78, 5) is 11.7. The molecule has 1 rings (SSSR count). The predicted molar refractivity (Wildman–Crippen MR) is 90.8 cm³/mol. The van der Waals surface area contributed by atoms with Crippen LogP contribution in [0.4, 0.5) is 5.69 Å². The zero-order chi connectivity index (χ0) is 16.8. The van der Waals surface area contributed by atoms with Crippen molar-refractivity contribution >= 4 is 33.2 Å². The Balaban J connectivity index is 2.67. The monoisotopic (exact) mass is 346 g/mol. The Morgan fingerprint density at radius 3 is 2.64 bits per heavy atom. The van der Waals surface area contributed by atoms with Crippen LogP contribution in [0, 0.1) is 0 Å². The molecule has 0 heterocycles. The van der Waals surface area contributed by atoms with Gasteiger partial charge in [-0.05, 0) is 38.0 Å². The van der Waals surface area contributed by atoms with E-state index >= 15 is 0 Å². The molecule has 1 atom stereocenters. The SMILES string of the molecule is CCC(C)NC(=O)CCCN(c1cccc(Cl)c1)S(C)(=O)=O. The quantitative estimate of drug-likeness (QED) is 0.787. The first-order valence-corrected chi connectivity index (χ1v) is 9.49. The number of hydrogen-bond acceptors (Lipinski definition) is 3. The molecule has 0 aliphatic heterocycles. The summed E-state index contributed by atoms with van der Waals surface area (Å²) in [5, 5.41) is 3.34. The van der Waals surface area contributed by atoms with Crippen molar-refractivity contribution in [2.24, 2.45) is 0 Å². The second-order valence-corrected chi connectivity index (χ2v) is 7.64. The number of halogens is 1. The fourth-order valence-electron chi connectivity index (χ4n) is 1.95. The molecule has 0 saturated heterocycles. The summed E-state index contributed by atoms with van der Waals surface area (Å²) >= 11 is 5.91. The van der Waals surface area contributed by atoms with Crippen molar-refractivity contribution in [3.8, 4) is 0 Å². The third kappa shape index (κ3) is 6.23. The molecule has 1 aromatic carbocycles. The van der Waals surface area contributed by atoms with Gasteiger partial charge in [0.15, 0.2) is 0 Å².